The van der Waals surface area contributed by atoms with Gasteiger partial charge in [0.25, 0.3) is 0 Å². The summed E-state index contributed by atoms with van der Waals surface area (Å²) in [5.74, 6) is 1.56. The number of piperidine rings is 1. The molecule has 0 radical (unpaired) electrons. The molecular formula is C13H20N2O2. The summed E-state index contributed by atoms with van der Waals surface area (Å²) in [6, 6.07) is 3.88. The van der Waals surface area contributed by atoms with Gasteiger partial charge in [-0.1, -0.05) is 6.92 Å². The number of carbonyl (C=O) groups is 1. The lowest BCUT2D eigenvalue weighted by Crippen LogP contribution is -2.48. The number of nitrogens with zero attached hydrogens (tertiary/aromatic N) is 1. The molecule has 1 saturated heterocycles. The number of rotatable bonds is 3. The molecule has 2 unspecified atom stereocenters. The third kappa shape index (κ3) is 3.33. The fraction of sp³-hybridized carbons (Fsp3) is 0.615. The zero-order valence-corrected chi connectivity index (χ0v) is 10.3. The molecule has 0 saturated carbocycles. The number of nitrogens with two attached hydrogens (primary N) is 1. The number of amides is 1. The SMILES string of the molecule is CC1CC(N)CN(C(=O)CCc2ccco2)C1. The molecule has 4 heteroatoms. The summed E-state index contributed by atoms with van der Waals surface area (Å²) in [5.41, 5.74) is 5.93. The summed E-state index contributed by atoms with van der Waals surface area (Å²) in [7, 11) is 0. The number of carbonyl (C=O) groups excluding carboxylic acids is 1. The second kappa shape index (κ2) is 5.36. The van der Waals surface area contributed by atoms with E-state index >= 15 is 0 Å². The van der Waals surface area contributed by atoms with Gasteiger partial charge >= 0.3 is 0 Å². The summed E-state index contributed by atoms with van der Waals surface area (Å²) < 4.78 is 5.22. The molecule has 2 atom stereocenters. The average molecular weight is 236 g/mol. The van der Waals surface area contributed by atoms with E-state index in [0.29, 0.717) is 25.3 Å². The quantitative estimate of drug-likeness (QED) is 0.863. The highest BCUT2D eigenvalue weighted by molar-refractivity contribution is 5.76. The molecule has 4 nitrogen and oxygen atoms in total. The summed E-state index contributed by atoms with van der Waals surface area (Å²) in [6.07, 6.45) is 3.83. The van der Waals surface area contributed by atoms with Crippen LogP contribution in [-0.2, 0) is 11.2 Å². The van der Waals surface area contributed by atoms with E-state index in [-0.39, 0.29) is 11.9 Å². The van der Waals surface area contributed by atoms with Gasteiger partial charge in [-0.2, -0.15) is 0 Å². The summed E-state index contributed by atoms with van der Waals surface area (Å²) in [6.45, 7) is 3.68. The van der Waals surface area contributed by atoms with Gasteiger partial charge in [0.1, 0.15) is 5.76 Å². The highest BCUT2D eigenvalue weighted by atomic mass is 16.3. The zero-order chi connectivity index (χ0) is 12.3. The van der Waals surface area contributed by atoms with Crippen LogP contribution in [0.15, 0.2) is 22.8 Å². The van der Waals surface area contributed by atoms with Crippen LogP contribution in [0.25, 0.3) is 0 Å². The standard InChI is InChI=1S/C13H20N2O2/c1-10-7-11(14)9-15(8-10)13(16)5-4-12-3-2-6-17-12/h2-3,6,10-11H,4-5,7-9,14H2,1H3. The van der Waals surface area contributed by atoms with Crippen LogP contribution in [-0.4, -0.2) is 29.9 Å². The Morgan fingerprint density at radius 2 is 2.41 bits per heavy atom. The molecule has 2 N–H and O–H groups in total. The predicted octanol–water partition coefficient (Wildman–Crippen LogP) is 1.41. The van der Waals surface area contributed by atoms with E-state index in [0.717, 1.165) is 18.7 Å². The number of hydrogen-bond donors (Lipinski definition) is 1. The fourth-order valence-corrected chi connectivity index (χ4v) is 2.45. The molecule has 1 fully saturated rings. The molecule has 2 rings (SSSR count). The molecule has 2 heterocycles. The van der Waals surface area contributed by atoms with E-state index in [2.05, 4.69) is 6.92 Å². The maximum Gasteiger partial charge on any atom is 0.223 e. The highest BCUT2D eigenvalue weighted by Gasteiger charge is 2.25. The third-order valence-electron chi connectivity index (χ3n) is 3.21. The van der Waals surface area contributed by atoms with E-state index in [1.807, 2.05) is 17.0 Å². The van der Waals surface area contributed by atoms with E-state index in [1.54, 1.807) is 6.26 Å². The van der Waals surface area contributed by atoms with Crippen LogP contribution in [0.2, 0.25) is 0 Å². The van der Waals surface area contributed by atoms with E-state index in [1.165, 1.54) is 0 Å². The van der Waals surface area contributed by atoms with Crippen molar-refractivity contribution in [2.75, 3.05) is 13.1 Å². The maximum atomic E-state index is 12.0. The zero-order valence-electron chi connectivity index (χ0n) is 10.3. The van der Waals surface area contributed by atoms with Crippen LogP contribution >= 0.6 is 0 Å². The second-order valence-corrected chi connectivity index (χ2v) is 4.98. The van der Waals surface area contributed by atoms with Crippen molar-refractivity contribution in [3.63, 3.8) is 0 Å². The number of furan rings is 1. The van der Waals surface area contributed by atoms with Crippen LogP contribution < -0.4 is 5.73 Å². The Balaban J connectivity index is 1.83. The molecule has 0 spiro atoms. The highest BCUT2D eigenvalue weighted by Crippen LogP contribution is 2.16. The lowest BCUT2D eigenvalue weighted by molar-refractivity contribution is -0.133. The van der Waals surface area contributed by atoms with Crippen LogP contribution in [0, 0.1) is 5.92 Å². The normalized spacial score (nSPS) is 24.9. The summed E-state index contributed by atoms with van der Waals surface area (Å²) in [5, 5.41) is 0. The molecule has 0 bridgehead atoms. The minimum Gasteiger partial charge on any atom is -0.469 e. The number of likely N-dealkylation sites (tertiary alicyclic amines) is 1. The number of aryl methyl sites for hydroxylation is 1. The van der Waals surface area contributed by atoms with Crippen molar-refractivity contribution in [1.82, 2.24) is 4.90 Å². The van der Waals surface area contributed by atoms with Gasteiger partial charge in [-0.05, 0) is 24.5 Å². The Morgan fingerprint density at radius 1 is 1.59 bits per heavy atom. The fourth-order valence-electron chi connectivity index (χ4n) is 2.45. The smallest absolute Gasteiger partial charge is 0.223 e. The molecule has 1 aromatic rings. The largest absolute Gasteiger partial charge is 0.469 e. The Labute approximate surface area is 102 Å². The average Bonchev–Trinajstić information content (AvgIpc) is 2.77. The van der Waals surface area contributed by atoms with Crippen molar-refractivity contribution < 1.29 is 9.21 Å². The van der Waals surface area contributed by atoms with Gasteiger partial charge in [0, 0.05) is 32.0 Å². The predicted molar refractivity (Wildman–Crippen MR) is 65.4 cm³/mol. The topological polar surface area (TPSA) is 59.5 Å². The molecule has 0 aliphatic carbocycles. The van der Waals surface area contributed by atoms with Crippen LogP contribution in [0.3, 0.4) is 0 Å². The van der Waals surface area contributed by atoms with Crippen molar-refractivity contribution in [2.24, 2.45) is 11.7 Å². The van der Waals surface area contributed by atoms with E-state index < -0.39 is 0 Å². The molecule has 1 aromatic heterocycles. The van der Waals surface area contributed by atoms with Gasteiger partial charge in [-0.3, -0.25) is 4.79 Å². The van der Waals surface area contributed by atoms with Crippen molar-refractivity contribution >= 4 is 5.91 Å². The van der Waals surface area contributed by atoms with Gasteiger partial charge in [0.15, 0.2) is 0 Å². The minimum absolute atomic E-state index is 0.131. The Kier molecular flexibility index (Phi) is 3.84. The van der Waals surface area contributed by atoms with Crippen LogP contribution in [0.5, 0.6) is 0 Å². The molecular weight excluding hydrogens is 216 g/mol. The van der Waals surface area contributed by atoms with Crippen molar-refractivity contribution in [3.8, 4) is 0 Å². The van der Waals surface area contributed by atoms with Gasteiger partial charge < -0.3 is 15.1 Å². The monoisotopic (exact) mass is 236 g/mol. The lowest BCUT2D eigenvalue weighted by atomic mass is 9.96. The molecule has 1 amide bonds. The minimum atomic E-state index is 0.131. The third-order valence-corrected chi connectivity index (χ3v) is 3.21. The van der Waals surface area contributed by atoms with E-state index in [4.69, 9.17) is 10.2 Å². The Bertz CT molecular complexity index is 352. The van der Waals surface area contributed by atoms with Gasteiger partial charge in [-0.15, -0.1) is 0 Å². The van der Waals surface area contributed by atoms with Gasteiger partial charge in [-0.25, -0.2) is 0 Å². The second-order valence-electron chi connectivity index (χ2n) is 4.98. The Morgan fingerprint density at radius 3 is 3.06 bits per heavy atom. The molecule has 94 valence electrons. The summed E-state index contributed by atoms with van der Waals surface area (Å²) in [4.78, 5) is 13.9. The first kappa shape index (κ1) is 12.2. The van der Waals surface area contributed by atoms with Gasteiger partial charge in [0.05, 0.1) is 6.26 Å². The molecule has 0 aromatic carbocycles. The van der Waals surface area contributed by atoms with Crippen LogP contribution in [0.4, 0.5) is 0 Å². The maximum absolute atomic E-state index is 12.0. The van der Waals surface area contributed by atoms with Crippen molar-refractivity contribution in [2.45, 2.75) is 32.2 Å². The Hall–Kier alpha value is -1.29. The first-order valence-corrected chi connectivity index (χ1v) is 6.21. The first-order valence-electron chi connectivity index (χ1n) is 6.21. The molecule has 1 aliphatic heterocycles. The van der Waals surface area contributed by atoms with E-state index in [9.17, 15) is 4.79 Å². The van der Waals surface area contributed by atoms with Crippen LogP contribution in [0.1, 0.15) is 25.5 Å². The first-order chi connectivity index (χ1) is 8.15. The van der Waals surface area contributed by atoms with Crippen molar-refractivity contribution in [1.29, 1.82) is 0 Å². The van der Waals surface area contributed by atoms with Gasteiger partial charge in [0.2, 0.25) is 5.91 Å². The number of hydrogen-bond acceptors (Lipinski definition) is 3. The van der Waals surface area contributed by atoms with Crippen molar-refractivity contribution in [3.05, 3.63) is 24.2 Å². The molecule has 1 aliphatic rings. The lowest BCUT2D eigenvalue weighted by Gasteiger charge is -2.34. The summed E-state index contributed by atoms with van der Waals surface area (Å²) >= 11 is 0. The molecule has 17 heavy (non-hydrogen) atoms.